The number of aromatic amines is 1. The number of H-pyrrole nitrogens is 1. The highest BCUT2D eigenvalue weighted by Gasteiger charge is 2.16. The summed E-state index contributed by atoms with van der Waals surface area (Å²) in [7, 11) is 1.79. The van der Waals surface area contributed by atoms with Crippen LogP contribution in [-0.4, -0.2) is 39.6 Å². The molecular formula is C10H7ClN8. The first-order valence-corrected chi connectivity index (χ1v) is 5.84. The third kappa shape index (κ3) is 1.37. The van der Waals surface area contributed by atoms with E-state index >= 15 is 0 Å². The number of halogens is 1. The van der Waals surface area contributed by atoms with Crippen molar-refractivity contribution in [3.05, 3.63) is 23.7 Å². The third-order valence-corrected chi connectivity index (χ3v) is 3.17. The lowest BCUT2D eigenvalue weighted by Gasteiger charge is -1.95. The second-order valence-electron chi connectivity index (χ2n) is 4.05. The van der Waals surface area contributed by atoms with Gasteiger partial charge in [0.2, 0.25) is 5.82 Å². The zero-order chi connectivity index (χ0) is 13.0. The van der Waals surface area contributed by atoms with E-state index in [1.165, 1.54) is 0 Å². The Balaban J connectivity index is 2.07. The lowest BCUT2D eigenvalue weighted by atomic mass is 10.4. The van der Waals surface area contributed by atoms with Gasteiger partial charge in [0.25, 0.3) is 0 Å². The van der Waals surface area contributed by atoms with Crippen LogP contribution >= 0.6 is 11.6 Å². The van der Waals surface area contributed by atoms with Crippen LogP contribution in [0, 0.1) is 0 Å². The molecule has 0 aromatic carbocycles. The van der Waals surface area contributed by atoms with Crippen molar-refractivity contribution < 1.29 is 0 Å². The SMILES string of the molecule is Cn1ncc(Cl)c1-c1nc2c3cn[nH]c3ncn2n1. The number of aryl methyl sites for hydroxylation is 1. The quantitative estimate of drug-likeness (QED) is 0.560. The summed E-state index contributed by atoms with van der Waals surface area (Å²) in [5.74, 6) is 0.500. The van der Waals surface area contributed by atoms with Crippen molar-refractivity contribution in [2.24, 2.45) is 7.05 Å². The summed E-state index contributed by atoms with van der Waals surface area (Å²) in [5, 5.41) is 16.5. The van der Waals surface area contributed by atoms with Gasteiger partial charge in [-0.1, -0.05) is 11.6 Å². The molecule has 0 aliphatic heterocycles. The number of fused-ring (bicyclic) bond motifs is 3. The molecule has 0 aliphatic carbocycles. The lowest BCUT2D eigenvalue weighted by Crippen LogP contribution is -1.95. The van der Waals surface area contributed by atoms with Crippen molar-refractivity contribution in [3.8, 4) is 11.5 Å². The molecule has 0 radical (unpaired) electrons. The first-order chi connectivity index (χ1) is 9.24. The van der Waals surface area contributed by atoms with Crippen molar-refractivity contribution in [2.75, 3.05) is 0 Å². The van der Waals surface area contributed by atoms with Crippen molar-refractivity contribution >= 4 is 28.3 Å². The molecular weight excluding hydrogens is 268 g/mol. The summed E-state index contributed by atoms with van der Waals surface area (Å²) in [6.07, 6.45) is 4.81. The summed E-state index contributed by atoms with van der Waals surface area (Å²) in [6, 6.07) is 0. The molecule has 9 heteroatoms. The summed E-state index contributed by atoms with van der Waals surface area (Å²) in [6.45, 7) is 0. The fraction of sp³-hybridized carbons (Fsp3) is 0.100. The maximum atomic E-state index is 6.10. The first-order valence-electron chi connectivity index (χ1n) is 5.46. The van der Waals surface area contributed by atoms with Gasteiger partial charge in [-0.3, -0.25) is 9.78 Å². The molecule has 4 aromatic rings. The highest BCUT2D eigenvalue weighted by Crippen LogP contribution is 2.25. The molecule has 0 fully saturated rings. The Morgan fingerprint density at radius 2 is 2.21 bits per heavy atom. The van der Waals surface area contributed by atoms with Crippen LogP contribution in [0.3, 0.4) is 0 Å². The van der Waals surface area contributed by atoms with Crippen LogP contribution in [0.4, 0.5) is 0 Å². The predicted octanol–water partition coefficient (Wildman–Crippen LogP) is 1.05. The number of rotatable bonds is 1. The second kappa shape index (κ2) is 3.51. The van der Waals surface area contributed by atoms with Gasteiger partial charge in [-0.25, -0.2) is 14.5 Å². The van der Waals surface area contributed by atoms with Gasteiger partial charge in [0.1, 0.15) is 12.0 Å². The number of hydrogen-bond donors (Lipinski definition) is 1. The average molecular weight is 275 g/mol. The zero-order valence-corrected chi connectivity index (χ0v) is 10.5. The predicted molar refractivity (Wildman–Crippen MR) is 67.6 cm³/mol. The summed E-state index contributed by atoms with van der Waals surface area (Å²) >= 11 is 6.10. The van der Waals surface area contributed by atoms with Gasteiger partial charge in [-0.2, -0.15) is 10.2 Å². The second-order valence-corrected chi connectivity index (χ2v) is 4.45. The molecule has 0 aliphatic rings. The maximum Gasteiger partial charge on any atom is 0.202 e. The molecule has 19 heavy (non-hydrogen) atoms. The number of aromatic nitrogens is 8. The topological polar surface area (TPSA) is 89.6 Å². The van der Waals surface area contributed by atoms with E-state index in [0.717, 1.165) is 5.39 Å². The van der Waals surface area contributed by atoms with Crippen LogP contribution in [0.5, 0.6) is 0 Å². The summed E-state index contributed by atoms with van der Waals surface area (Å²) in [5.41, 5.74) is 2.01. The fourth-order valence-electron chi connectivity index (χ4n) is 2.00. The smallest absolute Gasteiger partial charge is 0.202 e. The summed E-state index contributed by atoms with van der Waals surface area (Å²) in [4.78, 5) is 8.68. The van der Waals surface area contributed by atoms with E-state index in [2.05, 4.69) is 30.4 Å². The van der Waals surface area contributed by atoms with E-state index in [1.54, 1.807) is 35.0 Å². The Hall–Kier alpha value is -2.48. The van der Waals surface area contributed by atoms with Crippen LogP contribution < -0.4 is 0 Å². The van der Waals surface area contributed by atoms with Crippen molar-refractivity contribution in [1.29, 1.82) is 0 Å². The van der Waals surface area contributed by atoms with E-state index in [0.29, 0.717) is 27.8 Å². The van der Waals surface area contributed by atoms with Gasteiger partial charge in [0.05, 0.1) is 22.8 Å². The Morgan fingerprint density at radius 3 is 3.00 bits per heavy atom. The molecule has 94 valence electrons. The normalized spacial score (nSPS) is 11.7. The van der Waals surface area contributed by atoms with Gasteiger partial charge in [0.15, 0.2) is 11.3 Å². The average Bonchev–Trinajstić information content (AvgIpc) is 3.06. The first kappa shape index (κ1) is 10.4. The van der Waals surface area contributed by atoms with Crippen LogP contribution in [0.15, 0.2) is 18.7 Å². The van der Waals surface area contributed by atoms with Crippen LogP contribution in [0.1, 0.15) is 0 Å². The molecule has 0 atom stereocenters. The van der Waals surface area contributed by atoms with Gasteiger partial charge in [-0.05, 0) is 0 Å². The van der Waals surface area contributed by atoms with E-state index < -0.39 is 0 Å². The van der Waals surface area contributed by atoms with Crippen LogP contribution in [0.2, 0.25) is 5.02 Å². The molecule has 0 bridgehead atoms. The molecule has 0 spiro atoms. The zero-order valence-electron chi connectivity index (χ0n) is 9.74. The van der Waals surface area contributed by atoms with E-state index in [4.69, 9.17) is 11.6 Å². The van der Waals surface area contributed by atoms with E-state index in [-0.39, 0.29) is 0 Å². The Labute approximate surface area is 111 Å². The molecule has 0 unspecified atom stereocenters. The standard InChI is InChI=1S/C10H7ClN8/c1-18-7(6(11)3-14-18)9-15-10-5-2-13-16-8(5)12-4-19(10)17-9/h2-4H,1H3,(H,13,16). The number of nitrogens with one attached hydrogen (secondary N) is 1. The maximum absolute atomic E-state index is 6.10. The van der Waals surface area contributed by atoms with E-state index in [1.807, 2.05) is 0 Å². The molecule has 4 heterocycles. The van der Waals surface area contributed by atoms with Crippen molar-refractivity contribution in [2.45, 2.75) is 0 Å². The minimum atomic E-state index is 0.500. The number of hydrogen-bond acceptors (Lipinski definition) is 5. The lowest BCUT2D eigenvalue weighted by molar-refractivity contribution is 0.768. The monoisotopic (exact) mass is 274 g/mol. The van der Waals surface area contributed by atoms with Crippen LogP contribution in [-0.2, 0) is 7.05 Å². The van der Waals surface area contributed by atoms with Crippen LogP contribution in [0.25, 0.3) is 28.2 Å². The molecule has 0 saturated heterocycles. The molecule has 8 nitrogen and oxygen atoms in total. The molecule has 4 rings (SSSR count). The fourth-order valence-corrected chi connectivity index (χ4v) is 2.25. The third-order valence-electron chi connectivity index (χ3n) is 2.89. The molecule has 0 amide bonds. The molecule has 1 N–H and O–H groups in total. The van der Waals surface area contributed by atoms with Gasteiger partial charge >= 0.3 is 0 Å². The van der Waals surface area contributed by atoms with Crippen molar-refractivity contribution in [1.82, 2.24) is 39.6 Å². The highest BCUT2D eigenvalue weighted by molar-refractivity contribution is 6.32. The van der Waals surface area contributed by atoms with Crippen molar-refractivity contribution in [3.63, 3.8) is 0 Å². The largest absolute Gasteiger partial charge is 0.263 e. The Bertz CT molecular complexity index is 881. The van der Waals surface area contributed by atoms with Gasteiger partial charge < -0.3 is 0 Å². The molecule has 4 aromatic heterocycles. The van der Waals surface area contributed by atoms with Gasteiger partial charge in [-0.15, -0.1) is 5.10 Å². The minimum absolute atomic E-state index is 0.500. The Morgan fingerprint density at radius 1 is 1.32 bits per heavy atom. The number of nitrogens with zero attached hydrogens (tertiary/aromatic N) is 7. The minimum Gasteiger partial charge on any atom is -0.263 e. The highest BCUT2D eigenvalue weighted by atomic mass is 35.5. The molecule has 0 saturated carbocycles. The Kier molecular flexibility index (Phi) is 1.93. The summed E-state index contributed by atoms with van der Waals surface area (Å²) < 4.78 is 3.23. The van der Waals surface area contributed by atoms with E-state index in [9.17, 15) is 0 Å². The van der Waals surface area contributed by atoms with Gasteiger partial charge in [0, 0.05) is 7.05 Å².